The maximum Gasteiger partial charge on any atom is 0.199 e. The standard InChI is InChI=1S/C12H11NO3/c1-2-15-10-5-3-9(4-6-10)12-7-11(8-14)16-13-12/h3-8H,2H2,1H3. The molecule has 0 N–H and O–H groups in total. The summed E-state index contributed by atoms with van der Waals surface area (Å²) in [5.41, 5.74) is 1.53. The van der Waals surface area contributed by atoms with Crippen LogP contribution in [0.1, 0.15) is 17.5 Å². The SMILES string of the molecule is CCOc1ccc(-c2cc(C=O)on2)cc1. The Morgan fingerprint density at radius 3 is 2.69 bits per heavy atom. The van der Waals surface area contributed by atoms with Crippen molar-refractivity contribution < 1.29 is 14.1 Å². The minimum absolute atomic E-state index is 0.226. The highest BCUT2D eigenvalue weighted by Gasteiger charge is 2.05. The second-order valence-corrected chi connectivity index (χ2v) is 3.19. The zero-order valence-corrected chi connectivity index (χ0v) is 8.84. The van der Waals surface area contributed by atoms with Gasteiger partial charge in [-0.3, -0.25) is 4.79 Å². The van der Waals surface area contributed by atoms with Crippen LogP contribution in [0.5, 0.6) is 5.75 Å². The van der Waals surface area contributed by atoms with E-state index in [1.54, 1.807) is 6.07 Å². The summed E-state index contributed by atoms with van der Waals surface area (Å²) in [6, 6.07) is 9.06. The molecule has 0 saturated carbocycles. The zero-order chi connectivity index (χ0) is 11.4. The number of ether oxygens (including phenoxy) is 1. The monoisotopic (exact) mass is 217 g/mol. The van der Waals surface area contributed by atoms with Gasteiger partial charge < -0.3 is 9.26 Å². The molecule has 1 aromatic carbocycles. The summed E-state index contributed by atoms with van der Waals surface area (Å²) in [6.07, 6.45) is 0.630. The molecule has 16 heavy (non-hydrogen) atoms. The van der Waals surface area contributed by atoms with Crippen molar-refractivity contribution in [1.29, 1.82) is 0 Å². The summed E-state index contributed by atoms with van der Waals surface area (Å²) in [7, 11) is 0. The molecule has 0 bridgehead atoms. The molecular formula is C12H11NO3. The Bertz CT molecular complexity index is 473. The fourth-order valence-electron chi connectivity index (χ4n) is 1.37. The molecule has 0 aliphatic carbocycles. The van der Waals surface area contributed by atoms with Crippen LogP contribution in [0.15, 0.2) is 34.9 Å². The molecule has 4 nitrogen and oxygen atoms in total. The number of hydrogen-bond acceptors (Lipinski definition) is 4. The quantitative estimate of drug-likeness (QED) is 0.738. The third-order valence-corrected chi connectivity index (χ3v) is 2.11. The summed E-state index contributed by atoms with van der Waals surface area (Å²) < 4.78 is 10.1. The second-order valence-electron chi connectivity index (χ2n) is 3.19. The van der Waals surface area contributed by atoms with Crippen molar-refractivity contribution in [3.8, 4) is 17.0 Å². The van der Waals surface area contributed by atoms with E-state index in [2.05, 4.69) is 5.16 Å². The highest BCUT2D eigenvalue weighted by atomic mass is 16.5. The Balaban J connectivity index is 2.23. The topological polar surface area (TPSA) is 52.3 Å². The number of benzene rings is 1. The molecule has 4 heteroatoms. The van der Waals surface area contributed by atoms with Crippen molar-refractivity contribution in [2.45, 2.75) is 6.92 Å². The van der Waals surface area contributed by atoms with Crippen LogP contribution in [0.2, 0.25) is 0 Å². The van der Waals surface area contributed by atoms with Gasteiger partial charge in [-0.15, -0.1) is 0 Å². The molecule has 2 rings (SSSR count). The molecule has 1 aromatic heterocycles. The van der Waals surface area contributed by atoms with E-state index in [-0.39, 0.29) is 5.76 Å². The first-order chi connectivity index (χ1) is 7.83. The first kappa shape index (κ1) is 10.4. The van der Waals surface area contributed by atoms with Crippen LogP contribution < -0.4 is 4.74 Å². The Hall–Kier alpha value is -2.10. The van der Waals surface area contributed by atoms with E-state index in [1.165, 1.54) is 0 Å². The number of rotatable bonds is 4. The van der Waals surface area contributed by atoms with E-state index >= 15 is 0 Å². The number of nitrogens with zero attached hydrogens (tertiary/aromatic N) is 1. The molecule has 0 aliphatic heterocycles. The fraction of sp³-hybridized carbons (Fsp3) is 0.167. The lowest BCUT2D eigenvalue weighted by atomic mass is 10.1. The van der Waals surface area contributed by atoms with Crippen molar-refractivity contribution in [3.63, 3.8) is 0 Å². The van der Waals surface area contributed by atoms with Crippen molar-refractivity contribution in [2.24, 2.45) is 0 Å². The van der Waals surface area contributed by atoms with Crippen LogP contribution in [0, 0.1) is 0 Å². The lowest BCUT2D eigenvalue weighted by Crippen LogP contribution is -1.90. The molecular weight excluding hydrogens is 206 g/mol. The van der Waals surface area contributed by atoms with Crippen LogP contribution >= 0.6 is 0 Å². The van der Waals surface area contributed by atoms with Crippen LogP contribution in [-0.4, -0.2) is 18.0 Å². The molecule has 0 atom stereocenters. The summed E-state index contributed by atoms with van der Waals surface area (Å²) in [5, 5.41) is 3.79. The molecule has 0 radical (unpaired) electrons. The fourth-order valence-corrected chi connectivity index (χ4v) is 1.37. The average molecular weight is 217 g/mol. The van der Waals surface area contributed by atoms with Crippen LogP contribution in [0.4, 0.5) is 0 Å². The van der Waals surface area contributed by atoms with Gasteiger partial charge in [0.2, 0.25) is 0 Å². The van der Waals surface area contributed by atoms with Crippen LogP contribution in [0.25, 0.3) is 11.3 Å². The maximum absolute atomic E-state index is 10.4. The summed E-state index contributed by atoms with van der Waals surface area (Å²) in [4.78, 5) is 10.4. The van der Waals surface area contributed by atoms with Crippen molar-refractivity contribution in [3.05, 3.63) is 36.1 Å². The minimum atomic E-state index is 0.226. The maximum atomic E-state index is 10.4. The molecule has 0 unspecified atom stereocenters. The third kappa shape index (κ3) is 2.11. The smallest absolute Gasteiger partial charge is 0.199 e. The van der Waals surface area contributed by atoms with Gasteiger partial charge in [-0.2, -0.15) is 0 Å². The van der Waals surface area contributed by atoms with E-state index in [4.69, 9.17) is 9.26 Å². The van der Waals surface area contributed by atoms with E-state index in [0.29, 0.717) is 18.6 Å². The Morgan fingerprint density at radius 2 is 2.12 bits per heavy atom. The van der Waals surface area contributed by atoms with Gasteiger partial charge in [-0.25, -0.2) is 0 Å². The number of aldehydes is 1. The molecule has 0 amide bonds. The predicted octanol–water partition coefficient (Wildman–Crippen LogP) is 2.55. The van der Waals surface area contributed by atoms with Crippen molar-refractivity contribution in [1.82, 2.24) is 5.16 Å². The van der Waals surface area contributed by atoms with Gasteiger partial charge in [0.15, 0.2) is 12.0 Å². The second kappa shape index (κ2) is 4.61. The Morgan fingerprint density at radius 1 is 1.38 bits per heavy atom. The molecule has 0 aliphatic rings. The third-order valence-electron chi connectivity index (χ3n) is 2.11. The number of carbonyl (C=O) groups excluding carboxylic acids is 1. The highest BCUT2D eigenvalue weighted by molar-refractivity contribution is 5.73. The lowest BCUT2D eigenvalue weighted by Gasteiger charge is -2.02. The van der Waals surface area contributed by atoms with Gasteiger partial charge in [0.25, 0.3) is 0 Å². The van der Waals surface area contributed by atoms with Gasteiger partial charge >= 0.3 is 0 Å². The summed E-state index contributed by atoms with van der Waals surface area (Å²) >= 11 is 0. The lowest BCUT2D eigenvalue weighted by molar-refractivity contribution is 0.109. The first-order valence-corrected chi connectivity index (χ1v) is 4.98. The van der Waals surface area contributed by atoms with E-state index in [1.807, 2.05) is 31.2 Å². The van der Waals surface area contributed by atoms with Gasteiger partial charge in [-0.1, -0.05) is 5.16 Å². The molecule has 0 saturated heterocycles. The van der Waals surface area contributed by atoms with E-state index < -0.39 is 0 Å². The summed E-state index contributed by atoms with van der Waals surface area (Å²) in [5.74, 6) is 1.04. The Kier molecular flexibility index (Phi) is 3.00. The van der Waals surface area contributed by atoms with E-state index in [9.17, 15) is 4.79 Å². The van der Waals surface area contributed by atoms with Crippen LogP contribution in [0.3, 0.4) is 0 Å². The normalized spacial score (nSPS) is 10.1. The molecule has 2 aromatic rings. The Labute approximate surface area is 92.8 Å². The molecule has 0 spiro atoms. The van der Waals surface area contributed by atoms with Gasteiger partial charge in [0.05, 0.1) is 6.61 Å². The largest absolute Gasteiger partial charge is 0.494 e. The summed E-state index contributed by atoms with van der Waals surface area (Å²) in [6.45, 7) is 2.57. The van der Waals surface area contributed by atoms with Gasteiger partial charge in [-0.05, 0) is 31.2 Å². The van der Waals surface area contributed by atoms with Gasteiger partial charge in [0, 0.05) is 11.6 Å². The molecule has 1 heterocycles. The number of hydrogen-bond donors (Lipinski definition) is 0. The number of carbonyl (C=O) groups is 1. The van der Waals surface area contributed by atoms with E-state index in [0.717, 1.165) is 11.3 Å². The predicted molar refractivity (Wildman–Crippen MR) is 58.5 cm³/mol. The number of aromatic nitrogens is 1. The molecule has 82 valence electrons. The minimum Gasteiger partial charge on any atom is -0.494 e. The van der Waals surface area contributed by atoms with Crippen LogP contribution in [-0.2, 0) is 0 Å². The highest BCUT2D eigenvalue weighted by Crippen LogP contribution is 2.21. The van der Waals surface area contributed by atoms with Gasteiger partial charge in [0.1, 0.15) is 11.4 Å². The molecule has 0 fully saturated rings. The first-order valence-electron chi connectivity index (χ1n) is 4.98. The van der Waals surface area contributed by atoms with Crippen molar-refractivity contribution >= 4 is 6.29 Å². The van der Waals surface area contributed by atoms with Crippen molar-refractivity contribution in [2.75, 3.05) is 6.61 Å². The average Bonchev–Trinajstić information content (AvgIpc) is 2.79. The zero-order valence-electron chi connectivity index (χ0n) is 8.84.